The molecule has 6 heteroatoms. The number of thiophene rings is 1. The van der Waals surface area contributed by atoms with Crippen LogP contribution in [0.25, 0.3) is 20.8 Å². The number of rotatable bonds is 4. The van der Waals surface area contributed by atoms with Crippen LogP contribution in [0, 0.1) is 5.92 Å². The van der Waals surface area contributed by atoms with E-state index >= 15 is 0 Å². The quantitative estimate of drug-likeness (QED) is 0.725. The maximum Gasteiger partial charge on any atom is 0.228 e. The van der Waals surface area contributed by atoms with Gasteiger partial charge < -0.3 is 10.2 Å². The van der Waals surface area contributed by atoms with Crippen LogP contribution in [0.2, 0.25) is 0 Å². The van der Waals surface area contributed by atoms with Crippen molar-refractivity contribution in [1.82, 2.24) is 4.98 Å². The van der Waals surface area contributed by atoms with Gasteiger partial charge in [-0.15, -0.1) is 22.7 Å². The van der Waals surface area contributed by atoms with E-state index in [1.165, 1.54) is 20.7 Å². The summed E-state index contributed by atoms with van der Waals surface area (Å²) in [5.41, 5.74) is 3.65. The molecule has 0 spiro atoms. The Kier molecular flexibility index (Phi) is 4.07. The summed E-state index contributed by atoms with van der Waals surface area (Å²) in [6.45, 7) is 5.62. The number of quaternary nitrogens is 1. The van der Waals surface area contributed by atoms with Crippen molar-refractivity contribution in [3.63, 3.8) is 0 Å². The van der Waals surface area contributed by atoms with Crippen molar-refractivity contribution < 1.29 is 9.69 Å². The molecule has 1 atom stereocenters. The lowest BCUT2D eigenvalue weighted by molar-refractivity contribution is -0.913. The number of amides is 1. The fraction of sp³-hybridized carbons (Fsp3) is 0.400. The molecule has 134 valence electrons. The second-order valence-electron chi connectivity index (χ2n) is 7.24. The Bertz CT molecular complexity index is 953. The number of nitrogens with zero attached hydrogens (tertiary/aromatic N) is 1. The van der Waals surface area contributed by atoms with Crippen molar-refractivity contribution in [3.05, 3.63) is 34.7 Å². The molecule has 5 rings (SSSR count). The molecule has 1 saturated carbocycles. The summed E-state index contributed by atoms with van der Waals surface area (Å²) < 4.78 is 1.21. The summed E-state index contributed by atoms with van der Waals surface area (Å²) in [6.07, 6.45) is 3.13. The van der Waals surface area contributed by atoms with Crippen LogP contribution in [0.3, 0.4) is 0 Å². The van der Waals surface area contributed by atoms with Gasteiger partial charge >= 0.3 is 0 Å². The maximum atomic E-state index is 12.4. The van der Waals surface area contributed by atoms with E-state index in [0.717, 1.165) is 54.4 Å². The number of nitrogens with one attached hydrogen (secondary N) is 2. The largest absolute Gasteiger partial charge is 0.330 e. The second kappa shape index (κ2) is 6.44. The summed E-state index contributed by atoms with van der Waals surface area (Å²) >= 11 is 3.51. The molecule has 0 saturated heterocycles. The molecule has 1 aliphatic heterocycles. The molecule has 4 nitrogen and oxygen atoms in total. The first-order valence-corrected chi connectivity index (χ1v) is 11.0. The van der Waals surface area contributed by atoms with Crippen LogP contribution in [-0.2, 0) is 17.8 Å². The molecule has 1 aromatic carbocycles. The third kappa shape index (κ3) is 2.86. The number of likely N-dealkylation sites (N-methyl/N-ethyl adjacent to an activating group) is 1. The van der Waals surface area contributed by atoms with Crippen molar-refractivity contribution in [2.75, 3.05) is 18.4 Å². The van der Waals surface area contributed by atoms with Gasteiger partial charge in [0.15, 0.2) is 0 Å². The number of para-hydroxylation sites is 1. The highest BCUT2D eigenvalue weighted by Gasteiger charge is 2.33. The minimum absolute atomic E-state index is 0.186. The maximum absolute atomic E-state index is 12.4. The summed E-state index contributed by atoms with van der Waals surface area (Å²) in [6, 6.07) is 8.29. The number of aromatic nitrogens is 1. The first kappa shape index (κ1) is 16.4. The molecular formula is C20H22N3OS2+. The van der Waals surface area contributed by atoms with Crippen molar-refractivity contribution in [2.24, 2.45) is 5.92 Å². The van der Waals surface area contributed by atoms with Gasteiger partial charge in [-0.2, -0.15) is 0 Å². The Morgan fingerprint density at radius 1 is 1.31 bits per heavy atom. The number of fused-ring (bicyclic) bond motifs is 2. The summed E-state index contributed by atoms with van der Waals surface area (Å²) in [7, 11) is 0. The summed E-state index contributed by atoms with van der Waals surface area (Å²) in [5.74, 6) is 0.403. The first-order valence-electron chi connectivity index (χ1n) is 9.38. The minimum atomic E-state index is 0.186. The number of thiazole rings is 1. The van der Waals surface area contributed by atoms with Crippen molar-refractivity contribution in [2.45, 2.75) is 32.7 Å². The van der Waals surface area contributed by atoms with Gasteiger partial charge in [-0.25, -0.2) is 4.98 Å². The minimum Gasteiger partial charge on any atom is -0.330 e. The Hall–Kier alpha value is -1.76. The van der Waals surface area contributed by atoms with Gasteiger partial charge in [0, 0.05) is 17.9 Å². The Morgan fingerprint density at radius 3 is 2.92 bits per heavy atom. The zero-order valence-corrected chi connectivity index (χ0v) is 16.4. The number of hydrogen-bond donors (Lipinski definition) is 2. The van der Waals surface area contributed by atoms with Crippen LogP contribution in [0.5, 0.6) is 0 Å². The summed E-state index contributed by atoms with van der Waals surface area (Å²) in [4.78, 5) is 20.4. The van der Waals surface area contributed by atoms with E-state index < -0.39 is 0 Å². The molecule has 1 aliphatic carbocycles. The van der Waals surface area contributed by atoms with Gasteiger partial charge in [0.2, 0.25) is 5.91 Å². The van der Waals surface area contributed by atoms with Crippen LogP contribution in [0.15, 0.2) is 24.3 Å². The normalized spacial score (nSPS) is 19.5. The van der Waals surface area contributed by atoms with Crippen molar-refractivity contribution >= 4 is 43.8 Å². The van der Waals surface area contributed by atoms with Crippen LogP contribution in [-0.4, -0.2) is 24.0 Å². The van der Waals surface area contributed by atoms with Gasteiger partial charge in [0.1, 0.15) is 16.6 Å². The molecule has 3 aromatic rings. The average Bonchev–Trinajstić information content (AvgIpc) is 3.33. The van der Waals surface area contributed by atoms with Gasteiger partial charge in [-0.3, -0.25) is 4.79 Å². The number of anilines is 1. The monoisotopic (exact) mass is 384 g/mol. The molecular weight excluding hydrogens is 362 g/mol. The summed E-state index contributed by atoms with van der Waals surface area (Å²) in [5, 5.41) is 5.31. The predicted molar refractivity (Wildman–Crippen MR) is 108 cm³/mol. The molecule has 1 unspecified atom stereocenters. The fourth-order valence-electron chi connectivity index (χ4n) is 3.69. The van der Waals surface area contributed by atoms with E-state index in [4.69, 9.17) is 4.98 Å². The molecule has 3 heterocycles. The van der Waals surface area contributed by atoms with Crippen molar-refractivity contribution in [1.29, 1.82) is 0 Å². The lowest BCUT2D eigenvalue weighted by Crippen LogP contribution is -3.11. The lowest BCUT2D eigenvalue weighted by Gasteiger charge is -2.22. The standard InChI is InChI=1S/C20H21N3OS2/c1-2-23-10-9-13-16(11-23)26-20(22-18(24)12-7-8-12)17(13)19-21-14-5-3-4-6-15(14)25-19/h3-6,12H,2,7-11H2,1H3,(H,22,24)/p+1. The number of benzene rings is 1. The zero-order valence-electron chi connectivity index (χ0n) is 14.8. The Labute approximate surface area is 160 Å². The number of hydrogen-bond acceptors (Lipinski definition) is 4. The molecule has 1 amide bonds. The van der Waals surface area contributed by atoms with Gasteiger partial charge in [0.05, 0.1) is 28.2 Å². The van der Waals surface area contributed by atoms with E-state index in [2.05, 4.69) is 30.4 Å². The van der Waals surface area contributed by atoms with Gasteiger partial charge in [-0.05, 0) is 37.5 Å². The van der Waals surface area contributed by atoms with Crippen LogP contribution < -0.4 is 10.2 Å². The lowest BCUT2D eigenvalue weighted by atomic mass is 10.0. The van der Waals surface area contributed by atoms with E-state index in [1.54, 1.807) is 27.6 Å². The van der Waals surface area contributed by atoms with E-state index in [1.807, 2.05) is 6.07 Å². The molecule has 0 bridgehead atoms. The van der Waals surface area contributed by atoms with Gasteiger partial charge in [-0.1, -0.05) is 12.1 Å². The van der Waals surface area contributed by atoms with Crippen LogP contribution >= 0.6 is 22.7 Å². The third-order valence-corrected chi connectivity index (χ3v) is 7.62. The number of carbonyl (C=O) groups is 1. The highest BCUT2D eigenvalue weighted by atomic mass is 32.1. The zero-order chi connectivity index (χ0) is 17.7. The van der Waals surface area contributed by atoms with E-state index in [9.17, 15) is 4.79 Å². The Morgan fingerprint density at radius 2 is 2.15 bits per heavy atom. The average molecular weight is 385 g/mol. The van der Waals surface area contributed by atoms with Crippen molar-refractivity contribution in [3.8, 4) is 10.6 Å². The van der Waals surface area contributed by atoms with E-state index in [-0.39, 0.29) is 11.8 Å². The predicted octanol–water partition coefficient (Wildman–Crippen LogP) is 3.33. The first-order chi connectivity index (χ1) is 12.7. The Balaban J connectivity index is 1.61. The molecule has 2 aromatic heterocycles. The third-order valence-electron chi connectivity index (χ3n) is 5.42. The SMILES string of the molecule is CC[NH+]1CCc2c(sc(NC(=O)C3CC3)c2-c2nc3ccccc3s2)C1. The molecule has 2 aliphatic rings. The van der Waals surface area contributed by atoms with Gasteiger partial charge in [0.25, 0.3) is 0 Å². The van der Waals surface area contributed by atoms with Crippen LogP contribution in [0.1, 0.15) is 30.2 Å². The smallest absolute Gasteiger partial charge is 0.228 e. The molecule has 0 radical (unpaired) electrons. The van der Waals surface area contributed by atoms with E-state index in [0.29, 0.717) is 0 Å². The fourth-order valence-corrected chi connectivity index (χ4v) is 6.12. The highest BCUT2D eigenvalue weighted by molar-refractivity contribution is 7.22. The van der Waals surface area contributed by atoms with Crippen LogP contribution in [0.4, 0.5) is 5.00 Å². The molecule has 26 heavy (non-hydrogen) atoms. The molecule has 1 fully saturated rings. The number of carbonyl (C=O) groups excluding carboxylic acids is 1. The topological polar surface area (TPSA) is 46.4 Å². The molecule has 2 N–H and O–H groups in total. The highest BCUT2D eigenvalue weighted by Crippen LogP contribution is 2.45. The second-order valence-corrected chi connectivity index (χ2v) is 9.37.